The second-order valence-electron chi connectivity index (χ2n) is 6.48. The Kier molecular flexibility index (Phi) is 5.31. The SMILES string of the molecule is Cc1nc(C(=O)Nc2ccc(C(F)(F)F)cc2)cc(N2CCN(C)CC2)n1. The summed E-state index contributed by atoms with van der Waals surface area (Å²) >= 11 is 0. The van der Waals surface area contributed by atoms with Crippen LogP contribution in [0.4, 0.5) is 24.7 Å². The first-order valence-electron chi connectivity index (χ1n) is 8.50. The largest absolute Gasteiger partial charge is 0.416 e. The number of carbonyl (C=O) groups excluding carboxylic acids is 1. The zero-order chi connectivity index (χ0) is 19.6. The van der Waals surface area contributed by atoms with Crippen molar-refractivity contribution in [3.63, 3.8) is 0 Å². The van der Waals surface area contributed by atoms with Crippen LogP contribution in [0, 0.1) is 6.92 Å². The van der Waals surface area contributed by atoms with Crippen LogP contribution in [0.15, 0.2) is 30.3 Å². The third-order valence-corrected chi connectivity index (χ3v) is 4.35. The van der Waals surface area contributed by atoms with Crippen molar-refractivity contribution >= 4 is 17.4 Å². The van der Waals surface area contributed by atoms with Crippen LogP contribution in [0.3, 0.4) is 0 Å². The summed E-state index contributed by atoms with van der Waals surface area (Å²) < 4.78 is 37.9. The Morgan fingerprint density at radius 3 is 2.30 bits per heavy atom. The number of hydrogen-bond donors (Lipinski definition) is 1. The molecular weight excluding hydrogens is 359 g/mol. The van der Waals surface area contributed by atoms with Gasteiger partial charge in [-0.3, -0.25) is 4.79 Å². The zero-order valence-electron chi connectivity index (χ0n) is 15.0. The van der Waals surface area contributed by atoms with Crippen LogP contribution < -0.4 is 10.2 Å². The predicted molar refractivity (Wildman–Crippen MR) is 95.9 cm³/mol. The average molecular weight is 379 g/mol. The summed E-state index contributed by atoms with van der Waals surface area (Å²) in [6, 6.07) is 5.90. The second-order valence-corrected chi connectivity index (χ2v) is 6.48. The Morgan fingerprint density at radius 1 is 1.07 bits per heavy atom. The summed E-state index contributed by atoms with van der Waals surface area (Å²) in [5.74, 6) is 0.646. The van der Waals surface area contributed by atoms with Gasteiger partial charge < -0.3 is 15.1 Å². The molecule has 2 heterocycles. The fourth-order valence-corrected chi connectivity index (χ4v) is 2.80. The molecule has 1 aromatic carbocycles. The fourth-order valence-electron chi connectivity index (χ4n) is 2.80. The third kappa shape index (κ3) is 4.73. The second kappa shape index (κ2) is 7.51. The maximum atomic E-state index is 12.6. The molecule has 1 saturated heterocycles. The molecule has 3 rings (SSSR count). The number of amides is 1. The molecule has 0 unspecified atom stereocenters. The van der Waals surface area contributed by atoms with Gasteiger partial charge in [-0.05, 0) is 38.2 Å². The van der Waals surface area contributed by atoms with Crippen molar-refractivity contribution in [1.82, 2.24) is 14.9 Å². The van der Waals surface area contributed by atoms with E-state index in [-0.39, 0.29) is 11.4 Å². The first-order chi connectivity index (χ1) is 12.7. The lowest BCUT2D eigenvalue weighted by Crippen LogP contribution is -2.45. The zero-order valence-corrected chi connectivity index (χ0v) is 15.0. The molecule has 0 spiro atoms. The summed E-state index contributed by atoms with van der Waals surface area (Å²) in [4.78, 5) is 25.3. The fraction of sp³-hybridized carbons (Fsp3) is 0.389. The quantitative estimate of drug-likeness (QED) is 0.889. The molecule has 0 atom stereocenters. The number of aromatic nitrogens is 2. The summed E-state index contributed by atoms with van der Waals surface area (Å²) in [7, 11) is 2.05. The van der Waals surface area contributed by atoms with Crippen molar-refractivity contribution in [2.45, 2.75) is 13.1 Å². The van der Waals surface area contributed by atoms with Gasteiger partial charge in [0.1, 0.15) is 17.3 Å². The Hall–Kier alpha value is -2.68. The minimum absolute atomic E-state index is 0.177. The van der Waals surface area contributed by atoms with E-state index in [9.17, 15) is 18.0 Å². The molecule has 1 aliphatic heterocycles. The normalized spacial score (nSPS) is 15.7. The highest BCUT2D eigenvalue weighted by molar-refractivity contribution is 6.03. The van der Waals surface area contributed by atoms with Crippen LogP contribution in [0.25, 0.3) is 0 Å². The lowest BCUT2D eigenvalue weighted by molar-refractivity contribution is -0.137. The van der Waals surface area contributed by atoms with Gasteiger partial charge in [-0.1, -0.05) is 0 Å². The maximum Gasteiger partial charge on any atom is 0.416 e. The van der Waals surface area contributed by atoms with Gasteiger partial charge in [0, 0.05) is 37.9 Å². The van der Waals surface area contributed by atoms with Crippen LogP contribution in [0.2, 0.25) is 0 Å². The average Bonchev–Trinajstić information content (AvgIpc) is 2.61. The van der Waals surface area contributed by atoms with E-state index in [0.29, 0.717) is 11.6 Å². The van der Waals surface area contributed by atoms with E-state index >= 15 is 0 Å². The number of nitrogens with zero attached hydrogens (tertiary/aromatic N) is 4. The molecule has 0 bridgehead atoms. The molecule has 1 aromatic heterocycles. The predicted octanol–water partition coefficient (Wildman–Crippen LogP) is 2.81. The van der Waals surface area contributed by atoms with Gasteiger partial charge in [-0.15, -0.1) is 0 Å². The van der Waals surface area contributed by atoms with Crippen molar-refractivity contribution in [3.8, 4) is 0 Å². The van der Waals surface area contributed by atoms with Gasteiger partial charge in [0.25, 0.3) is 5.91 Å². The Morgan fingerprint density at radius 2 is 1.70 bits per heavy atom. The van der Waals surface area contributed by atoms with Crippen LogP contribution in [0.1, 0.15) is 21.9 Å². The molecule has 1 aliphatic rings. The van der Waals surface area contributed by atoms with E-state index in [0.717, 1.165) is 38.3 Å². The lowest BCUT2D eigenvalue weighted by Gasteiger charge is -2.33. The minimum atomic E-state index is -4.41. The molecule has 2 aromatic rings. The van der Waals surface area contributed by atoms with Crippen LogP contribution in [-0.2, 0) is 6.18 Å². The standard InChI is InChI=1S/C18H20F3N5O/c1-12-22-15(11-16(23-12)26-9-7-25(2)8-10-26)17(27)24-14-5-3-13(4-6-14)18(19,20)21/h3-6,11H,7-10H2,1-2H3,(H,24,27). The molecule has 27 heavy (non-hydrogen) atoms. The first-order valence-corrected chi connectivity index (χ1v) is 8.50. The number of piperazine rings is 1. The number of anilines is 2. The molecule has 1 N–H and O–H groups in total. The van der Waals surface area contributed by atoms with Crippen LogP contribution >= 0.6 is 0 Å². The maximum absolute atomic E-state index is 12.6. The number of nitrogens with one attached hydrogen (secondary N) is 1. The third-order valence-electron chi connectivity index (χ3n) is 4.35. The molecule has 1 amide bonds. The van der Waals surface area contributed by atoms with E-state index < -0.39 is 17.6 Å². The van der Waals surface area contributed by atoms with E-state index in [1.807, 2.05) is 7.05 Å². The number of likely N-dealkylation sites (N-methyl/N-ethyl adjacent to an activating group) is 1. The summed E-state index contributed by atoms with van der Waals surface area (Å²) in [6.07, 6.45) is -4.41. The molecule has 144 valence electrons. The van der Waals surface area contributed by atoms with Crippen LogP contribution in [-0.4, -0.2) is 54.0 Å². The lowest BCUT2D eigenvalue weighted by atomic mass is 10.2. The van der Waals surface area contributed by atoms with Gasteiger partial charge in [0.05, 0.1) is 5.56 Å². The van der Waals surface area contributed by atoms with Crippen molar-refractivity contribution in [1.29, 1.82) is 0 Å². The van der Waals surface area contributed by atoms with Crippen LogP contribution in [0.5, 0.6) is 0 Å². The van der Waals surface area contributed by atoms with Gasteiger partial charge in [0.2, 0.25) is 0 Å². The first kappa shape index (κ1) is 19.1. The topological polar surface area (TPSA) is 61.4 Å². The molecular formula is C18H20F3N5O. The highest BCUT2D eigenvalue weighted by Crippen LogP contribution is 2.29. The highest BCUT2D eigenvalue weighted by atomic mass is 19.4. The van der Waals surface area contributed by atoms with Gasteiger partial charge in [-0.2, -0.15) is 13.2 Å². The van der Waals surface area contributed by atoms with Crippen molar-refractivity contribution < 1.29 is 18.0 Å². The van der Waals surface area contributed by atoms with Gasteiger partial charge >= 0.3 is 6.18 Å². The molecule has 9 heteroatoms. The Balaban J connectivity index is 1.74. The monoisotopic (exact) mass is 379 g/mol. The molecule has 0 saturated carbocycles. The number of benzene rings is 1. The minimum Gasteiger partial charge on any atom is -0.354 e. The van der Waals surface area contributed by atoms with Crippen molar-refractivity contribution in [2.24, 2.45) is 0 Å². The Labute approximate surface area is 155 Å². The van der Waals surface area contributed by atoms with Crippen molar-refractivity contribution in [3.05, 3.63) is 47.4 Å². The van der Waals surface area contributed by atoms with E-state index in [1.54, 1.807) is 13.0 Å². The number of rotatable bonds is 3. The molecule has 1 fully saturated rings. The number of halogens is 3. The number of carbonyl (C=O) groups is 1. The van der Waals surface area contributed by atoms with Gasteiger partial charge in [-0.25, -0.2) is 9.97 Å². The molecule has 0 aliphatic carbocycles. The smallest absolute Gasteiger partial charge is 0.354 e. The molecule has 0 radical (unpaired) electrons. The highest BCUT2D eigenvalue weighted by Gasteiger charge is 2.30. The molecule has 6 nitrogen and oxygen atoms in total. The summed E-state index contributed by atoms with van der Waals surface area (Å²) in [6.45, 7) is 5.10. The number of hydrogen-bond acceptors (Lipinski definition) is 5. The van der Waals surface area contributed by atoms with Crippen molar-refractivity contribution in [2.75, 3.05) is 43.4 Å². The van der Waals surface area contributed by atoms with Gasteiger partial charge in [0.15, 0.2) is 0 Å². The number of aryl methyl sites for hydroxylation is 1. The summed E-state index contributed by atoms with van der Waals surface area (Å²) in [5, 5.41) is 2.58. The van der Waals surface area contributed by atoms with E-state index in [4.69, 9.17) is 0 Å². The number of alkyl halides is 3. The van der Waals surface area contributed by atoms with E-state index in [2.05, 4.69) is 25.1 Å². The summed E-state index contributed by atoms with van der Waals surface area (Å²) in [5.41, 5.74) is -0.322. The van der Waals surface area contributed by atoms with E-state index in [1.165, 1.54) is 12.1 Å². The Bertz CT molecular complexity index is 815.